The number of thiazole rings is 1. The predicted molar refractivity (Wildman–Crippen MR) is 164 cm³/mol. The molecule has 4 aromatic rings. The number of nitrogens with zero attached hydrogens (tertiary/aromatic N) is 2. The SMILES string of the molecule is CCOC(=O)C1=C(C(F)(F)F)N=c2s/c(=C\c3cc(Br)c(OCc4ccccc4F)c(OC)c3)c(=O)n2[C@H]1c1ccc(Cl)cc1. The number of esters is 1. The Kier molecular flexibility index (Phi) is 9.52. The first-order valence-corrected chi connectivity index (χ1v) is 15.2. The van der Waals surface area contributed by atoms with E-state index in [1.807, 2.05) is 0 Å². The minimum absolute atomic E-state index is 0.0355. The van der Waals surface area contributed by atoms with Crippen molar-refractivity contribution in [1.29, 1.82) is 0 Å². The number of benzene rings is 3. The van der Waals surface area contributed by atoms with Crippen LogP contribution in [0, 0.1) is 5.82 Å². The number of carbonyl (C=O) groups is 1. The molecule has 0 saturated carbocycles. The summed E-state index contributed by atoms with van der Waals surface area (Å²) in [5, 5.41) is 0.310. The van der Waals surface area contributed by atoms with E-state index in [0.29, 0.717) is 20.6 Å². The molecule has 0 spiro atoms. The lowest BCUT2D eigenvalue weighted by atomic mass is 9.95. The van der Waals surface area contributed by atoms with Crippen LogP contribution in [0.15, 0.2) is 86.2 Å². The molecule has 3 aromatic carbocycles. The van der Waals surface area contributed by atoms with Crippen LogP contribution in [0.5, 0.6) is 11.5 Å². The van der Waals surface area contributed by atoms with E-state index in [1.165, 1.54) is 50.4 Å². The molecule has 1 aromatic heterocycles. The maximum atomic E-state index is 14.3. The fourth-order valence-electron chi connectivity index (χ4n) is 4.68. The molecule has 0 fully saturated rings. The molecule has 14 heteroatoms. The van der Waals surface area contributed by atoms with Gasteiger partial charge in [-0.1, -0.05) is 53.3 Å². The maximum Gasteiger partial charge on any atom is 0.434 e. The van der Waals surface area contributed by atoms with Crippen molar-refractivity contribution in [3.63, 3.8) is 0 Å². The van der Waals surface area contributed by atoms with Crippen molar-refractivity contribution >= 4 is 50.9 Å². The second-order valence-corrected chi connectivity index (χ2v) is 11.8. The van der Waals surface area contributed by atoms with Crippen LogP contribution in [-0.4, -0.2) is 30.4 Å². The lowest BCUT2D eigenvalue weighted by Crippen LogP contribution is -2.41. The first kappa shape index (κ1) is 32.5. The number of alkyl halides is 3. The Morgan fingerprint density at radius 3 is 2.51 bits per heavy atom. The lowest BCUT2D eigenvalue weighted by molar-refractivity contribution is -0.140. The Labute approximate surface area is 270 Å². The molecule has 234 valence electrons. The summed E-state index contributed by atoms with van der Waals surface area (Å²) < 4.78 is 74.9. The molecule has 5 rings (SSSR count). The van der Waals surface area contributed by atoms with Crippen LogP contribution in [0.2, 0.25) is 5.02 Å². The summed E-state index contributed by atoms with van der Waals surface area (Å²) in [6.45, 7) is 1.18. The van der Waals surface area contributed by atoms with Crippen LogP contribution in [0.4, 0.5) is 17.6 Å². The topological polar surface area (TPSA) is 79.1 Å². The molecule has 0 amide bonds. The third-order valence-electron chi connectivity index (χ3n) is 6.66. The Morgan fingerprint density at radius 2 is 1.87 bits per heavy atom. The summed E-state index contributed by atoms with van der Waals surface area (Å²) in [6.07, 6.45) is -3.57. The molecule has 1 aliphatic heterocycles. The van der Waals surface area contributed by atoms with Crippen molar-refractivity contribution in [1.82, 2.24) is 4.57 Å². The van der Waals surface area contributed by atoms with Crippen molar-refractivity contribution in [2.24, 2.45) is 4.99 Å². The number of rotatable bonds is 8. The van der Waals surface area contributed by atoms with E-state index < -0.39 is 40.8 Å². The van der Waals surface area contributed by atoms with Gasteiger partial charge in [0.05, 0.1) is 34.3 Å². The van der Waals surface area contributed by atoms with Crippen molar-refractivity contribution in [2.45, 2.75) is 25.7 Å². The van der Waals surface area contributed by atoms with Crippen molar-refractivity contribution in [3.8, 4) is 11.5 Å². The molecule has 1 aliphatic rings. The van der Waals surface area contributed by atoms with Crippen molar-refractivity contribution in [2.75, 3.05) is 13.7 Å². The standard InChI is InChI=1S/C31H22BrClF4N2O5S/c1-3-43-29(41)24-25(17-8-10-19(33)11-9-17)39-28(40)23(45-30(39)38-27(24)31(35,36)37)14-16-12-20(32)26(22(13-16)42-2)44-15-18-6-4-5-7-21(18)34/h4-14,25H,3,15H2,1-2H3/b23-14-/t25-/m0/s1. The van der Waals surface area contributed by atoms with Gasteiger partial charge in [-0.2, -0.15) is 13.2 Å². The van der Waals surface area contributed by atoms with Crippen LogP contribution in [0.3, 0.4) is 0 Å². The summed E-state index contributed by atoms with van der Waals surface area (Å²) in [5.74, 6) is -1.16. The first-order valence-electron chi connectivity index (χ1n) is 13.2. The third-order valence-corrected chi connectivity index (χ3v) is 8.48. The summed E-state index contributed by atoms with van der Waals surface area (Å²) in [5.41, 5.74) is -1.98. The molecule has 0 aliphatic carbocycles. The lowest BCUT2D eigenvalue weighted by Gasteiger charge is -2.26. The van der Waals surface area contributed by atoms with E-state index in [1.54, 1.807) is 30.3 Å². The number of allylic oxidation sites excluding steroid dienone is 1. The summed E-state index contributed by atoms with van der Waals surface area (Å²) in [4.78, 5) is 30.3. The molecular formula is C31H22BrClF4N2O5S. The van der Waals surface area contributed by atoms with Gasteiger partial charge in [0.2, 0.25) is 0 Å². The number of methoxy groups -OCH3 is 1. The Hall–Kier alpha value is -3.94. The highest BCUT2D eigenvalue weighted by molar-refractivity contribution is 9.10. The fourth-order valence-corrected chi connectivity index (χ4v) is 6.38. The minimum Gasteiger partial charge on any atom is -0.493 e. The van der Waals surface area contributed by atoms with E-state index in [2.05, 4.69) is 20.9 Å². The second kappa shape index (κ2) is 13.2. The van der Waals surface area contributed by atoms with E-state index in [0.717, 1.165) is 15.9 Å². The molecule has 45 heavy (non-hydrogen) atoms. The number of hydrogen-bond donors (Lipinski definition) is 0. The number of aromatic nitrogens is 1. The van der Waals surface area contributed by atoms with Gasteiger partial charge in [0.1, 0.15) is 12.4 Å². The smallest absolute Gasteiger partial charge is 0.434 e. The highest BCUT2D eigenvalue weighted by Gasteiger charge is 2.45. The zero-order valence-corrected chi connectivity index (χ0v) is 26.6. The average molecular weight is 726 g/mol. The van der Waals surface area contributed by atoms with Gasteiger partial charge in [0.25, 0.3) is 5.56 Å². The van der Waals surface area contributed by atoms with Gasteiger partial charge < -0.3 is 14.2 Å². The minimum atomic E-state index is -5.03. The molecule has 1 atom stereocenters. The zero-order chi connectivity index (χ0) is 32.5. The number of hydrogen-bond acceptors (Lipinski definition) is 7. The zero-order valence-electron chi connectivity index (χ0n) is 23.5. The van der Waals surface area contributed by atoms with E-state index in [4.69, 9.17) is 25.8 Å². The number of fused-ring (bicyclic) bond motifs is 1. The third kappa shape index (κ3) is 6.70. The van der Waals surface area contributed by atoms with Gasteiger partial charge in [-0.25, -0.2) is 14.2 Å². The van der Waals surface area contributed by atoms with E-state index >= 15 is 0 Å². The highest BCUT2D eigenvalue weighted by atomic mass is 79.9. The number of halogens is 6. The van der Waals surface area contributed by atoms with Crippen LogP contribution in [0.25, 0.3) is 6.08 Å². The summed E-state index contributed by atoms with van der Waals surface area (Å²) in [6, 6.07) is 13.6. The van der Waals surface area contributed by atoms with Gasteiger partial charge >= 0.3 is 12.1 Å². The number of ether oxygens (including phenoxy) is 3. The normalized spacial score (nSPS) is 15.0. The van der Waals surface area contributed by atoms with Crippen LogP contribution >= 0.6 is 38.9 Å². The molecule has 0 unspecified atom stereocenters. The average Bonchev–Trinajstić information content (AvgIpc) is 3.30. The van der Waals surface area contributed by atoms with Crippen LogP contribution in [0.1, 0.15) is 29.7 Å². The summed E-state index contributed by atoms with van der Waals surface area (Å²) in [7, 11) is 1.40. The van der Waals surface area contributed by atoms with Gasteiger partial charge in [0, 0.05) is 10.6 Å². The number of carbonyl (C=O) groups excluding carboxylic acids is 1. The predicted octanol–water partition coefficient (Wildman–Crippen LogP) is 6.48. The summed E-state index contributed by atoms with van der Waals surface area (Å²) >= 11 is 10.2. The molecule has 0 radical (unpaired) electrons. The molecule has 0 N–H and O–H groups in total. The molecule has 0 bridgehead atoms. The second-order valence-electron chi connectivity index (χ2n) is 9.53. The molecule has 0 saturated heterocycles. The molecule has 2 heterocycles. The van der Waals surface area contributed by atoms with Gasteiger partial charge in [0.15, 0.2) is 22.0 Å². The van der Waals surface area contributed by atoms with Crippen LogP contribution < -0.4 is 24.4 Å². The first-order chi connectivity index (χ1) is 21.4. The van der Waals surface area contributed by atoms with Gasteiger partial charge in [-0.05, 0) is 70.4 Å². The Balaban J connectivity index is 1.64. The monoisotopic (exact) mass is 724 g/mol. The van der Waals surface area contributed by atoms with E-state index in [9.17, 15) is 27.2 Å². The Morgan fingerprint density at radius 1 is 1.16 bits per heavy atom. The largest absolute Gasteiger partial charge is 0.493 e. The van der Waals surface area contributed by atoms with Gasteiger partial charge in [-0.15, -0.1) is 0 Å². The van der Waals surface area contributed by atoms with Crippen molar-refractivity contribution in [3.05, 3.63) is 124 Å². The Bertz CT molecular complexity index is 1990. The maximum absolute atomic E-state index is 14.3. The molecular weight excluding hydrogens is 704 g/mol. The van der Waals surface area contributed by atoms with Gasteiger partial charge in [-0.3, -0.25) is 9.36 Å². The molecule has 7 nitrogen and oxygen atoms in total. The van der Waals surface area contributed by atoms with E-state index in [-0.39, 0.29) is 39.6 Å². The highest BCUT2D eigenvalue weighted by Crippen LogP contribution is 2.39. The fraction of sp³-hybridized carbons (Fsp3) is 0.194. The quantitative estimate of drug-likeness (QED) is 0.154. The van der Waals surface area contributed by atoms with Crippen LogP contribution in [-0.2, 0) is 16.1 Å². The van der Waals surface area contributed by atoms with Crippen molar-refractivity contribution < 1.29 is 36.6 Å².